The zero-order valence-corrected chi connectivity index (χ0v) is 8.97. The molecule has 1 amide bonds. The Hall–Kier alpha value is -1.43. The number of aliphatic hydroxyl groups is 1. The van der Waals surface area contributed by atoms with Crippen molar-refractivity contribution in [2.75, 3.05) is 6.61 Å². The van der Waals surface area contributed by atoms with Gasteiger partial charge in [0.15, 0.2) is 0 Å². The van der Waals surface area contributed by atoms with Gasteiger partial charge in [-0.25, -0.2) is 4.98 Å². The van der Waals surface area contributed by atoms with Gasteiger partial charge >= 0.3 is 0 Å². The quantitative estimate of drug-likeness (QED) is 0.693. The average molecular weight is 212 g/mol. The van der Waals surface area contributed by atoms with E-state index in [1.807, 2.05) is 0 Å². The number of amides is 1. The molecule has 2 N–H and O–H groups in total. The monoisotopic (exact) mass is 212 g/mol. The SMILES string of the molecule is CC(C)(CO)NC(=O)CCn1cncn1. The Kier molecular flexibility index (Phi) is 3.79. The highest BCUT2D eigenvalue weighted by molar-refractivity contribution is 5.76. The summed E-state index contributed by atoms with van der Waals surface area (Å²) < 4.78 is 1.59. The predicted octanol–water partition coefficient (Wildman–Crippen LogP) is -0.445. The van der Waals surface area contributed by atoms with Crippen LogP contribution in [0.3, 0.4) is 0 Å². The minimum atomic E-state index is -0.570. The first-order chi connectivity index (χ1) is 7.03. The third-order valence-electron chi connectivity index (χ3n) is 1.91. The van der Waals surface area contributed by atoms with Gasteiger partial charge in [-0.1, -0.05) is 0 Å². The van der Waals surface area contributed by atoms with E-state index in [4.69, 9.17) is 5.11 Å². The van der Waals surface area contributed by atoms with E-state index in [1.165, 1.54) is 6.33 Å². The standard InChI is InChI=1S/C9H16N4O2/c1-9(2,5-14)12-8(15)3-4-13-7-10-6-11-13/h6-7,14H,3-5H2,1-2H3,(H,12,15). The van der Waals surface area contributed by atoms with Gasteiger partial charge < -0.3 is 10.4 Å². The van der Waals surface area contributed by atoms with Gasteiger partial charge in [0, 0.05) is 6.42 Å². The fourth-order valence-electron chi connectivity index (χ4n) is 1.04. The number of nitrogens with zero attached hydrogens (tertiary/aromatic N) is 3. The molecule has 0 aliphatic heterocycles. The van der Waals surface area contributed by atoms with Gasteiger partial charge in [-0.15, -0.1) is 0 Å². The molecule has 1 heterocycles. The fraction of sp³-hybridized carbons (Fsp3) is 0.667. The van der Waals surface area contributed by atoms with E-state index in [-0.39, 0.29) is 12.5 Å². The number of hydrogen-bond acceptors (Lipinski definition) is 4. The number of carbonyl (C=O) groups is 1. The first-order valence-corrected chi connectivity index (χ1v) is 4.78. The van der Waals surface area contributed by atoms with Crippen molar-refractivity contribution in [3.8, 4) is 0 Å². The molecule has 0 bridgehead atoms. The van der Waals surface area contributed by atoms with Crippen molar-refractivity contribution >= 4 is 5.91 Å². The van der Waals surface area contributed by atoms with Gasteiger partial charge in [0.25, 0.3) is 0 Å². The van der Waals surface area contributed by atoms with Crippen LogP contribution in [0.4, 0.5) is 0 Å². The largest absolute Gasteiger partial charge is 0.394 e. The van der Waals surface area contributed by atoms with Crippen molar-refractivity contribution in [3.63, 3.8) is 0 Å². The van der Waals surface area contributed by atoms with Gasteiger partial charge in [0.1, 0.15) is 12.7 Å². The molecular formula is C9H16N4O2. The van der Waals surface area contributed by atoms with Crippen LogP contribution in [0.25, 0.3) is 0 Å². The molecule has 0 aromatic carbocycles. The summed E-state index contributed by atoms with van der Waals surface area (Å²) in [5.74, 6) is -0.107. The average Bonchev–Trinajstić information content (AvgIpc) is 2.66. The van der Waals surface area contributed by atoms with Crippen molar-refractivity contribution < 1.29 is 9.90 Å². The summed E-state index contributed by atoms with van der Waals surface area (Å²) in [4.78, 5) is 15.2. The van der Waals surface area contributed by atoms with E-state index in [0.717, 1.165) is 0 Å². The summed E-state index contributed by atoms with van der Waals surface area (Å²) in [6.07, 6.45) is 3.31. The molecule has 84 valence electrons. The lowest BCUT2D eigenvalue weighted by Crippen LogP contribution is -2.46. The Bertz CT molecular complexity index is 308. The minimum absolute atomic E-state index is 0.0813. The molecule has 1 rings (SSSR count). The zero-order chi connectivity index (χ0) is 11.3. The molecule has 0 aliphatic rings. The van der Waals surface area contributed by atoms with Crippen LogP contribution < -0.4 is 5.32 Å². The number of aryl methyl sites for hydroxylation is 1. The second kappa shape index (κ2) is 4.88. The third-order valence-corrected chi connectivity index (χ3v) is 1.91. The molecule has 0 fully saturated rings. The van der Waals surface area contributed by atoms with Crippen LogP contribution in [0.5, 0.6) is 0 Å². The highest BCUT2D eigenvalue weighted by Crippen LogP contribution is 2.00. The van der Waals surface area contributed by atoms with Crippen molar-refractivity contribution in [2.45, 2.75) is 32.4 Å². The van der Waals surface area contributed by atoms with Crippen LogP contribution in [-0.2, 0) is 11.3 Å². The number of carbonyl (C=O) groups excluding carboxylic acids is 1. The number of aliphatic hydroxyl groups excluding tert-OH is 1. The maximum atomic E-state index is 11.4. The molecule has 0 saturated heterocycles. The van der Waals surface area contributed by atoms with Gasteiger partial charge in [-0.2, -0.15) is 5.10 Å². The number of aromatic nitrogens is 3. The van der Waals surface area contributed by atoms with Gasteiger partial charge in [0.05, 0.1) is 18.7 Å². The molecule has 6 heteroatoms. The van der Waals surface area contributed by atoms with Crippen LogP contribution in [0, 0.1) is 0 Å². The van der Waals surface area contributed by atoms with Crippen LogP contribution in [0.1, 0.15) is 20.3 Å². The lowest BCUT2D eigenvalue weighted by atomic mass is 10.1. The molecular weight excluding hydrogens is 196 g/mol. The second-order valence-electron chi connectivity index (χ2n) is 4.00. The van der Waals surface area contributed by atoms with E-state index >= 15 is 0 Å². The summed E-state index contributed by atoms with van der Waals surface area (Å²) in [6, 6.07) is 0. The normalized spacial score (nSPS) is 11.4. The van der Waals surface area contributed by atoms with E-state index < -0.39 is 5.54 Å². The molecule has 0 unspecified atom stereocenters. The number of hydrogen-bond donors (Lipinski definition) is 2. The van der Waals surface area contributed by atoms with Gasteiger partial charge in [-0.3, -0.25) is 9.48 Å². The highest BCUT2D eigenvalue weighted by Gasteiger charge is 2.18. The maximum Gasteiger partial charge on any atom is 0.222 e. The molecule has 1 aromatic heterocycles. The van der Waals surface area contributed by atoms with E-state index in [0.29, 0.717) is 13.0 Å². The van der Waals surface area contributed by atoms with Crippen LogP contribution >= 0.6 is 0 Å². The topological polar surface area (TPSA) is 80.0 Å². The van der Waals surface area contributed by atoms with Crippen molar-refractivity contribution in [3.05, 3.63) is 12.7 Å². The first kappa shape index (κ1) is 11.6. The number of rotatable bonds is 5. The smallest absolute Gasteiger partial charge is 0.222 e. The molecule has 15 heavy (non-hydrogen) atoms. The lowest BCUT2D eigenvalue weighted by Gasteiger charge is -2.23. The molecule has 0 radical (unpaired) electrons. The van der Waals surface area contributed by atoms with Crippen LogP contribution in [0.15, 0.2) is 12.7 Å². The Balaban J connectivity index is 2.31. The van der Waals surface area contributed by atoms with E-state index in [9.17, 15) is 4.79 Å². The molecule has 6 nitrogen and oxygen atoms in total. The Labute approximate surface area is 88.3 Å². The fourth-order valence-corrected chi connectivity index (χ4v) is 1.04. The summed E-state index contributed by atoms with van der Waals surface area (Å²) in [6.45, 7) is 3.94. The third kappa shape index (κ3) is 4.07. The van der Waals surface area contributed by atoms with E-state index in [2.05, 4.69) is 15.4 Å². The van der Waals surface area contributed by atoms with Gasteiger partial charge in [0.2, 0.25) is 5.91 Å². The summed E-state index contributed by atoms with van der Waals surface area (Å²) in [5.41, 5.74) is -0.570. The van der Waals surface area contributed by atoms with Crippen LogP contribution in [-0.4, -0.2) is 37.9 Å². The summed E-state index contributed by atoms with van der Waals surface area (Å²) in [5, 5.41) is 15.6. The minimum Gasteiger partial charge on any atom is -0.394 e. The molecule has 0 aliphatic carbocycles. The van der Waals surface area contributed by atoms with E-state index in [1.54, 1.807) is 24.9 Å². The Morgan fingerprint density at radius 1 is 1.60 bits per heavy atom. The Morgan fingerprint density at radius 2 is 2.33 bits per heavy atom. The van der Waals surface area contributed by atoms with Crippen molar-refractivity contribution in [2.24, 2.45) is 0 Å². The number of nitrogens with one attached hydrogen (secondary N) is 1. The van der Waals surface area contributed by atoms with Gasteiger partial charge in [-0.05, 0) is 13.8 Å². The summed E-state index contributed by atoms with van der Waals surface area (Å²) in [7, 11) is 0. The Morgan fingerprint density at radius 3 is 2.87 bits per heavy atom. The van der Waals surface area contributed by atoms with Crippen LogP contribution in [0.2, 0.25) is 0 Å². The molecule has 1 aromatic rings. The zero-order valence-electron chi connectivity index (χ0n) is 8.97. The van der Waals surface area contributed by atoms with Crippen molar-refractivity contribution in [1.82, 2.24) is 20.1 Å². The first-order valence-electron chi connectivity index (χ1n) is 4.78. The molecule has 0 saturated carbocycles. The highest BCUT2D eigenvalue weighted by atomic mass is 16.3. The second-order valence-corrected chi connectivity index (χ2v) is 4.00. The molecule has 0 spiro atoms. The molecule has 0 atom stereocenters. The van der Waals surface area contributed by atoms with Crippen molar-refractivity contribution in [1.29, 1.82) is 0 Å². The maximum absolute atomic E-state index is 11.4. The predicted molar refractivity (Wildman–Crippen MR) is 53.9 cm³/mol. The lowest BCUT2D eigenvalue weighted by molar-refractivity contribution is -0.123. The summed E-state index contributed by atoms with van der Waals surface area (Å²) >= 11 is 0.